The molecule has 2 aromatic rings. The molecule has 1 amide bonds. The molecule has 146 valence electrons. The van der Waals surface area contributed by atoms with Crippen molar-refractivity contribution in [3.05, 3.63) is 52.6 Å². The number of hydrogen-bond acceptors (Lipinski definition) is 6. The number of amides is 1. The number of thioether (sulfide) groups is 2. The molecule has 0 aliphatic carbocycles. The summed E-state index contributed by atoms with van der Waals surface area (Å²) in [6, 6.07) is 10.6. The number of carboxylic acids is 1. The average molecular weight is 434 g/mol. The molecule has 5 nitrogen and oxygen atoms in total. The molecule has 0 radical (unpaired) electrons. The van der Waals surface area contributed by atoms with Gasteiger partial charge in [0, 0.05) is 11.6 Å². The molecule has 1 aliphatic heterocycles. The molecule has 8 heteroatoms. The van der Waals surface area contributed by atoms with Crippen molar-refractivity contribution < 1.29 is 19.1 Å². The van der Waals surface area contributed by atoms with Crippen molar-refractivity contribution in [1.82, 2.24) is 4.90 Å². The molecule has 1 aromatic carbocycles. The summed E-state index contributed by atoms with van der Waals surface area (Å²) in [5, 5.41) is 9.51. The highest BCUT2D eigenvalue weighted by Gasteiger charge is 2.40. The van der Waals surface area contributed by atoms with Crippen molar-refractivity contribution in [2.45, 2.75) is 19.4 Å². The minimum Gasteiger partial charge on any atom is -0.480 e. The third-order valence-corrected chi connectivity index (χ3v) is 6.23. The Hall–Kier alpha value is -2.03. The number of aliphatic carboxylic acids is 1. The highest BCUT2D eigenvalue weighted by molar-refractivity contribution is 8.26. The molecular weight excluding hydrogens is 414 g/mol. The van der Waals surface area contributed by atoms with Gasteiger partial charge in [0.15, 0.2) is 0 Å². The fraction of sp³-hybridized carbons (Fsp3) is 0.250. The molecule has 0 saturated carbocycles. The number of thiocarbonyl (C=S) groups is 1. The van der Waals surface area contributed by atoms with Crippen molar-refractivity contribution in [1.29, 1.82) is 0 Å². The maximum Gasteiger partial charge on any atom is 0.326 e. The minimum atomic E-state index is -1.05. The van der Waals surface area contributed by atoms with Gasteiger partial charge in [0.25, 0.3) is 5.91 Å². The van der Waals surface area contributed by atoms with Crippen LogP contribution in [0.3, 0.4) is 0 Å². The molecule has 1 aliphatic rings. The average Bonchev–Trinajstić information content (AvgIpc) is 3.22. The number of hydrogen-bond donors (Lipinski definition) is 1. The third kappa shape index (κ3) is 4.51. The second kappa shape index (κ2) is 8.98. The molecule has 1 N–H and O–H groups in total. The summed E-state index contributed by atoms with van der Waals surface area (Å²) < 4.78 is 6.10. The lowest BCUT2D eigenvalue weighted by atomic mass is 10.1. The fourth-order valence-electron chi connectivity index (χ4n) is 2.77. The maximum atomic E-state index is 12.8. The van der Waals surface area contributed by atoms with E-state index in [1.54, 1.807) is 12.1 Å². The Morgan fingerprint density at radius 2 is 2.04 bits per heavy atom. The van der Waals surface area contributed by atoms with Crippen LogP contribution in [0.25, 0.3) is 17.4 Å². The SMILES string of the molecule is CSCCC(C(=O)O)N1C(=O)C(=Cc2ccc(-c3ccc(C)cc3)o2)SC1=S. The summed E-state index contributed by atoms with van der Waals surface area (Å²) in [5.41, 5.74) is 2.11. The summed E-state index contributed by atoms with van der Waals surface area (Å²) in [4.78, 5) is 26.0. The van der Waals surface area contributed by atoms with E-state index in [0.29, 0.717) is 28.6 Å². The summed E-state index contributed by atoms with van der Waals surface area (Å²) in [6.07, 6.45) is 3.85. The molecule has 2 heterocycles. The lowest BCUT2D eigenvalue weighted by Crippen LogP contribution is -2.44. The van der Waals surface area contributed by atoms with E-state index in [1.165, 1.54) is 16.7 Å². The van der Waals surface area contributed by atoms with E-state index in [2.05, 4.69) is 0 Å². The van der Waals surface area contributed by atoms with Crippen LogP contribution in [0.1, 0.15) is 17.7 Å². The van der Waals surface area contributed by atoms with Crippen LogP contribution in [0.5, 0.6) is 0 Å². The molecule has 0 bridgehead atoms. The van der Waals surface area contributed by atoms with Crippen LogP contribution in [-0.4, -0.2) is 44.3 Å². The topological polar surface area (TPSA) is 70.8 Å². The number of nitrogens with zero attached hydrogens (tertiary/aromatic N) is 1. The number of aryl methyl sites for hydroxylation is 1. The first-order valence-electron chi connectivity index (χ1n) is 8.56. The molecule has 0 spiro atoms. The van der Waals surface area contributed by atoms with E-state index in [4.69, 9.17) is 16.6 Å². The molecule has 1 atom stereocenters. The summed E-state index contributed by atoms with van der Waals surface area (Å²) in [6.45, 7) is 2.02. The lowest BCUT2D eigenvalue weighted by Gasteiger charge is -2.22. The lowest BCUT2D eigenvalue weighted by molar-refractivity contribution is -0.145. The van der Waals surface area contributed by atoms with Crippen LogP contribution in [0.2, 0.25) is 0 Å². The molecular formula is C20H19NO4S3. The number of benzene rings is 1. The van der Waals surface area contributed by atoms with E-state index in [-0.39, 0.29) is 4.32 Å². The van der Waals surface area contributed by atoms with Crippen molar-refractivity contribution in [3.63, 3.8) is 0 Å². The standard InChI is InChI=1S/C20H19NO4S3/c1-12-3-5-13(6-4-12)16-8-7-14(25-16)11-17-18(22)21(20(26)28-17)15(19(23)24)9-10-27-2/h3-8,11,15H,9-10H2,1-2H3,(H,23,24). The molecule has 28 heavy (non-hydrogen) atoms. The Labute approximate surface area is 177 Å². The predicted molar refractivity (Wildman–Crippen MR) is 118 cm³/mol. The van der Waals surface area contributed by atoms with E-state index >= 15 is 0 Å². The number of carbonyl (C=O) groups excluding carboxylic acids is 1. The monoisotopic (exact) mass is 433 g/mol. The Kier molecular flexibility index (Phi) is 6.64. The highest BCUT2D eigenvalue weighted by atomic mass is 32.2. The summed E-state index contributed by atoms with van der Waals surface area (Å²) in [7, 11) is 0. The number of carboxylic acid groups (broad SMARTS) is 1. The third-order valence-electron chi connectivity index (χ3n) is 4.25. The fourth-order valence-corrected chi connectivity index (χ4v) is 4.57. The van der Waals surface area contributed by atoms with Crippen LogP contribution in [0.15, 0.2) is 45.7 Å². The van der Waals surface area contributed by atoms with Crippen LogP contribution in [-0.2, 0) is 9.59 Å². The quantitative estimate of drug-likeness (QED) is 0.503. The first-order valence-corrected chi connectivity index (χ1v) is 11.2. The minimum absolute atomic E-state index is 0.259. The van der Waals surface area contributed by atoms with E-state index in [0.717, 1.165) is 22.9 Å². The Bertz CT molecular complexity index is 933. The Morgan fingerprint density at radius 3 is 2.68 bits per heavy atom. The van der Waals surface area contributed by atoms with Gasteiger partial charge in [-0.05, 0) is 37.5 Å². The highest BCUT2D eigenvalue weighted by Crippen LogP contribution is 2.35. The first-order chi connectivity index (χ1) is 13.4. The normalized spacial score (nSPS) is 16.8. The van der Waals surface area contributed by atoms with Gasteiger partial charge >= 0.3 is 5.97 Å². The molecule has 1 saturated heterocycles. The molecule has 1 fully saturated rings. The van der Waals surface area contributed by atoms with Crippen molar-refractivity contribution in [2.75, 3.05) is 12.0 Å². The van der Waals surface area contributed by atoms with Gasteiger partial charge in [-0.25, -0.2) is 4.79 Å². The number of carbonyl (C=O) groups is 2. The molecule has 1 aromatic heterocycles. The smallest absolute Gasteiger partial charge is 0.326 e. The van der Waals surface area contributed by atoms with E-state index in [1.807, 2.05) is 43.5 Å². The van der Waals surface area contributed by atoms with Crippen LogP contribution in [0, 0.1) is 6.92 Å². The Balaban J connectivity index is 1.82. The van der Waals surface area contributed by atoms with Crippen molar-refractivity contribution in [3.8, 4) is 11.3 Å². The van der Waals surface area contributed by atoms with Gasteiger partial charge in [-0.15, -0.1) is 0 Å². The van der Waals surface area contributed by atoms with Gasteiger partial charge in [-0.2, -0.15) is 11.8 Å². The largest absolute Gasteiger partial charge is 0.480 e. The number of furan rings is 1. The van der Waals surface area contributed by atoms with Crippen molar-refractivity contribution in [2.24, 2.45) is 0 Å². The van der Waals surface area contributed by atoms with Crippen LogP contribution in [0.4, 0.5) is 0 Å². The zero-order valence-corrected chi connectivity index (χ0v) is 17.8. The van der Waals surface area contributed by atoms with E-state index in [9.17, 15) is 14.7 Å². The van der Waals surface area contributed by atoms with Crippen LogP contribution < -0.4 is 0 Å². The van der Waals surface area contributed by atoms with Gasteiger partial charge in [0.05, 0.1) is 4.91 Å². The zero-order chi connectivity index (χ0) is 20.3. The van der Waals surface area contributed by atoms with Gasteiger partial charge in [-0.3, -0.25) is 9.69 Å². The predicted octanol–water partition coefficient (Wildman–Crippen LogP) is 4.66. The van der Waals surface area contributed by atoms with Gasteiger partial charge < -0.3 is 9.52 Å². The zero-order valence-electron chi connectivity index (χ0n) is 15.4. The second-order valence-electron chi connectivity index (χ2n) is 6.26. The molecule has 1 unspecified atom stereocenters. The van der Waals surface area contributed by atoms with Gasteiger partial charge in [0.2, 0.25) is 0 Å². The summed E-state index contributed by atoms with van der Waals surface area (Å²) >= 11 is 7.91. The van der Waals surface area contributed by atoms with E-state index < -0.39 is 17.9 Å². The molecule has 3 rings (SSSR count). The van der Waals surface area contributed by atoms with Gasteiger partial charge in [0.1, 0.15) is 21.9 Å². The first kappa shape index (κ1) is 20.7. The Morgan fingerprint density at radius 1 is 1.32 bits per heavy atom. The number of rotatable bonds is 7. The van der Waals surface area contributed by atoms with Gasteiger partial charge in [-0.1, -0.05) is 53.8 Å². The summed E-state index contributed by atoms with van der Waals surface area (Å²) in [5.74, 6) is 0.408. The maximum absolute atomic E-state index is 12.8. The van der Waals surface area contributed by atoms with Crippen LogP contribution >= 0.6 is 35.7 Å². The van der Waals surface area contributed by atoms with Crippen molar-refractivity contribution >= 4 is 58.0 Å². The second-order valence-corrected chi connectivity index (χ2v) is 8.92.